The average molecular weight is 517 g/mol. The van der Waals surface area contributed by atoms with Crippen LogP contribution < -0.4 is 0 Å². The number of fused-ring (bicyclic) bond motifs is 5. The highest BCUT2D eigenvalue weighted by molar-refractivity contribution is 7.17. The van der Waals surface area contributed by atoms with Crippen LogP contribution in [0.1, 0.15) is 70.8 Å². The predicted octanol–water partition coefficient (Wildman–Crippen LogP) is 7.16. The highest BCUT2D eigenvalue weighted by atomic mass is 32.1. The summed E-state index contributed by atoms with van der Waals surface area (Å²) < 4.78 is 1.28. The Balaban J connectivity index is 1.07. The molecule has 2 heterocycles. The van der Waals surface area contributed by atoms with Gasteiger partial charge in [0.15, 0.2) is 0 Å². The Bertz CT molecular complexity index is 1250. The lowest BCUT2D eigenvalue weighted by Crippen LogP contribution is -2.53. The van der Waals surface area contributed by atoms with Crippen molar-refractivity contribution in [2.75, 3.05) is 20.6 Å². The fourth-order valence-corrected chi connectivity index (χ4v) is 11.4. The van der Waals surface area contributed by atoms with Crippen molar-refractivity contribution in [1.82, 2.24) is 9.80 Å². The Kier molecular flexibility index (Phi) is 5.72. The molecule has 2 aromatic rings. The Labute approximate surface area is 227 Å². The molecule has 3 nitrogen and oxygen atoms in total. The molecule has 4 aliphatic carbocycles. The summed E-state index contributed by atoms with van der Waals surface area (Å²) in [6.45, 7) is 6.45. The van der Waals surface area contributed by atoms with Gasteiger partial charge in [-0.2, -0.15) is 0 Å². The first-order valence-electron chi connectivity index (χ1n) is 14.9. The molecular weight excluding hydrogens is 472 g/mol. The number of carbonyl (C=O) groups is 1. The third kappa shape index (κ3) is 3.50. The molecule has 8 unspecified atom stereocenters. The summed E-state index contributed by atoms with van der Waals surface area (Å²) in [7, 11) is 4.44. The van der Waals surface area contributed by atoms with E-state index < -0.39 is 0 Å². The van der Waals surface area contributed by atoms with E-state index in [1.165, 1.54) is 60.7 Å². The van der Waals surface area contributed by atoms with Crippen LogP contribution in [-0.4, -0.2) is 48.4 Å². The summed E-state index contributed by atoms with van der Waals surface area (Å²) in [6, 6.07) is 9.61. The van der Waals surface area contributed by atoms with Crippen LogP contribution in [0.25, 0.3) is 10.1 Å². The number of carbonyl (C=O) groups excluding carboxylic acids is 1. The molecule has 7 rings (SSSR count). The van der Waals surface area contributed by atoms with E-state index in [2.05, 4.69) is 73.5 Å². The summed E-state index contributed by atoms with van der Waals surface area (Å²) in [4.78, 5) is 18.2. The van der Waals surface area contributed by atoms with Gasteiger partial charge >= 0.3 is 0 Å². The quantitative estimate of drug-likeness (QED) is 0.404. The van der Waals surface area contributed by atoms with Crippen molar-refractivity contribution < 1.29 is 4.79 Å². The first-order chi connectivity index (χ1) is 17.8. The van der Waals surface area contributed by atoms with E-state index in [1.54, 1.807) is 16.9 Å². The summed E-state index contributed by atoms with van der Waals surface area (Å²) in [5, 5.41) is 3.43. The van der Waals surface area contributed by atoms with E-state index in [-0.39, 0.29) is 5.91 Å². The van der Waals surface area contributed by atoms with Gasteiger partial charge in [-0.25, -0.2) is 0 Å². The van der Waals surface area contributed by atoms with Crippen molar-refractivity contribution in [2.24, 2.45) is 34.5 Å². The van der Waals surface area contributed by atoms with Gasteiger partial charge in [0.25, 0.3) is 0 Å². The van der Waals surface area contributed by atoms with Gasteiger partial charge in [0, 0.05) is 30.4 Å². The molecule has 3 saturated carbocycles. The first kappa shape index (κ1) is 24.4. The molecule has 1 aromatic carbocycles. The van der Waals surface area contributed by atoms with Crippen molar-refractivity contribution in [1.29, 1.82) is 0 Å². The Hall–Kier alpha value is -1.65. The summed E-state index contributed by atoms with van der Waals surface area (Å²) in [5.74, 6) is 3.87. The van der Waals surface area contributed by atoms with Crippen LogP contribution in [0.5, 0.6) is 0 Å². The molecule has 1 saturated heterocycles. The normalized spacial score (nSPS) is 41.0. The van der Waals surface area contributed by atoms with Crippen LogP contribution in [0.2, 0.25) is 0 Å². The van der Waals surface area contributed by atoms with Crippen molar-refractivity contribution in [3.05, 3.63) is 46.9 Å². The summed E-state index contributed by atoms with van der Waals surface area (Å²) in [5.41, 5.74) is 3.83. The average Bonchev–Trinajstić information content (AvgIpc) is 3.55. The van der Waals surface area contributed by atoms with Crippen LogP contribution >= 0.6 is 11.3 Å². The zero-order chi connectivity index (χ0) is 25.5. The van der Waals surface area contributed by atoms with Crippen LogP contribution in [0, 0.1) is 34.5 Å². The number of rotatable bonds is 3. The van der Waals surface area contributed by atoms with E-state index >= 15 is 0 Å². The summed E-state index contributed by atoms with van der Waals surface area (Å²) in [6.07, 6.45) is 13.8. The van der Waals surface area contributed by atoms with Crippen molar-refractivity contribution in [2.45, 2.75) is 83.7 Å². The largest absolute Gasteiger partial charge is 0.342 e. The predicted molar refractivity (Wildman–Crippen MR) is 154 cm³/mol. The molecule has 0 radical (unpaired) electrons. The highest BCUT2D eigenvalue weighted by Crippen LogP contribution is 2.68. The lowest BCUT2D eigenvalue weighted by Gasteiger charge is -2.58. The third-order valence-corrected chi connectivity index (χ3v) is 13.5. The first-order valence-corrected chi connectivity index (χ1v) is 15.8. The van der Waals surface area contributed by atoms with E-state index in [4.69, 9.17) is 0 Å². The molecule has 8 atom stereocenters. The number of likely N-dealkylation sites (tertiary alicyclic amines) is 1. The molecule has 1 amide bonds. The fraction of sp³-hybridized carbons (Fsp3) is 0.667. The molecule has 5 aliphatic rings. The van der Waals surface area contributed by atoms with E-state index in [0.29, 0.717) is 23.3 Å². The lowest BCUT2D eigenvalue weighted by molar-refractivity contribution is -0.132. The fourth-order valence-electron chi connectivity index (χ4n) is 10.4. The molecule has 0 bridgehead atoms. The van der Waals surface area contributed by atoms with Gasteiger partial charge in [0.1, 0.15) is 0 Å². The number of thiophene rings is 1. The molecule has 0 N–H and O–H groups in total. The van der Waals surface area contributed by atoms with Gasteiger partial charge < -0.3 is 9.80 Å². The minimum Gasteiger partial charge on any atom is -0.342 e. The second-order valence-electron chi connectivity index (χ2n) is 13.7. The minimum absolute atomic E-state index is 0.280. The van der Waals surface area contributed by atoms with Gasteiger partial charge in [0.05, 0.1) is 6.42 Å². The standard InChI is InChI=1S/C33H44N2OS/c1-21-27-11-12-29-26-10-9-23-18-24(13-15-32(23,2)28(26)14-16-33(27,29)20-34(21)3)35(4)31(36)17-22-19-37-30-8-6-5-7-25(22)30/h5-9,19,21,24,26-29H,10-18,20H2,1-4H3. The molecule has 198 valence electrons. The number of likely N-dealkylation sites (N-methyl/N-ethyl adjacent to an activating group) is 1. The summed E-state index contributed by atoms with van der Waals surface area (Å²) >= 11 is 1.76. The Morgan fingerprint density at radius 2 is 1.92 bits per heavy atom. The van der Waals surface area contributed by atoms with Gasteiger partial charge in [0.2, 0.25) is 5.91 Å². The molecular formula is C33H44N2OS. The van der Waals surface area contributed by atoms with Crippen LogP contribution in [0.3, 0.4) is 0 Å². The Morgan fingerprint density at radius 3 is 2.78 bits per heavy atom. The lowest BCUT2D eigenvalue weighted by atomic mass is 9.47. The second kappa shape index (κ2) is 8.68. The van der Waals surface area contributed by atoms with Gasteiger partial charge in [-0.3, -0.25) is 4.79 Å². The highest BCUT2D eigenvalue weighted by Gasteiger charge is 2.64. The molecule has 37 heavy (non-hydrogen) atoms. The zero-order valence-electron chi connectivity index (χ0n) is 23.2. The number of allylic oxidation sites excluding steroid dienone is 1. The van der Waals surface area contributed by atoms with Gasteiger partial charge in [-0.15, -0.1) is 11.3 Å². The topological polar surface area (TPSA) is 23.6 Å². The maximum atomic E-state index is 13.4. The molecule has 1 aliphatic heterocycles. The number of benzene rings is 1. The smallest absolute Gasteiger partial charge is 0.227 e. The third-order valence-electron chi connectivity index (χ3n) is 12.5. The van der Waals surface area contributed by atoms with Crippen molar-refractivity contribution in [3.8, 4) is 0 Å². The van der Waals surface area contributed by atoms with Gasteiger partial charge in [-0.05, 0) is 122 Å². The monoisotopic (exact) mass is 516 g/mol. The minimum atomic E-state index is 0.280. The van der Waals surface area contributed by atoms with Gasteiger partial charge in [-0.1, -0.05) is 36.8 Å². The second-order valence-corrected chi connectivity index (χ2v) is 14.6. The molecule has 4 fully saturated rings. The SMILES string of the molecule is CC1C2CCC3C4CC=C5CC(N(C)C(=O)Cc6csc7ccccc67)CCC5(C)C4CCC32CN1C. The van der Waals surface area contributed by atoms with Crippen molar-refractivity contribution in [3.63, 3.8) is 0 Å². The van der Waals surface area contributed by atoms with E-state index in [9.17, 15) is 4.79 Å². The number of hydrogen-bond acceptors (Lipinski definition) is 3. The maximum Gasteiger partial charge on any atom is 0.227 e. The zero-order valence-corrected chi connectivity index (χ0v) is 24.0. The number of amides is 1. The number of nitrogens with zero attached hydrogens (tertiary/aromatic N) is 2. The molecule has 1 spiro atoms. The molecule has 4 heteroatoms. The van der Waals surface area contributed by atoms with E-state index in [0.717, 1.165) is 42.6 Å². The van der Waals surface area contributed by atoms with Crippen LogP contribution in [0.4, 0.5) is 0 Å². The van der Waals surface area contributed by atoms with Crippen LogP contribution in [0.15, 0.2) is 41.3 Å². The maximum absolute atomic E-state index is 13.4. The van der Waals surface area contributed by atoms with E-state index in [1.807, 2.05) is 0 Å². The van der Waals surface area contributed by atoms with Crippen LogP contribution in [-0.2, 0) is 11.2 Å². The van der Waals surface area contributed by atoms with Crippen molar-refractivity contribution >= 4 is 27.3 Å². The number of hydrogen-bond donors (Lipinski definition) is 0. The molecule has 1 aromatic heterocycles. The Morgan fingerprint density at radius 1 is 1.11 bits per heavy atom.